The van der Waals surface area contributed by atoms with Crippen LogP contribution in [0.2, 0.25) is 0 Å². The molecule has 31 heavy (non-hydrogen) atoms. The summed E-state index contributed by atoms with van der Waals surface area (Å²) in [7, 11) is 3.42. The van der Waals surface area contributed by atoms with E-state index in [4.69, 9.17) is 4.74 Å². The average molecular weight is 417 g/mol. The molecule has 0 aromatic carbocycles. The number of hydrogen-bond acceptors (Lipinski definition) is 7. The predicted octanol–water partition coefficient (Wildman–Crippen LogP) is 3.37. The number of nitrogens with zero attached hydrogens (tertiary/aromatic N) is 5. The normalized spacial score (nSPS) is 17.6. The first-order chi connectivity index (χ1) is 15.1. The number of hydrogen-bond donors (Lipinski definition) is 2. The summed E-state index contributed by atoms with van der Waals surface area (Å²) in [5.41, 5.74) is 1.45. The zero-order chi connectivity index (χ0) is 21.5. The van der Waals surface area contributed by atoms with E-state index in [1.54, 1.807) is 30.2 Å². The highest BCUT2D eigenvalue weighted by Gasteiger charge is 2.41. The van der Waals surface area contributed by atoms with E-state index in [2.05, 4.69) is 37.6 Å². The van der Waals surface area contributed by atoms with Crippen molar-refractivity contribution in [2.75, 3.05) is 24.8 Å². The minimum atomic E-state index is 0.0288. The van der Waals surface area contributed by atoms with E-state index in [1.807, 2.05) is 25.2 Å². The molecule has 4 aromatic rings. The van der Waals surface area contributed by atoms with Crippen LogP contribution < -0.4 is 15.4 Å². The number of nitrogens with one attached hydrogen (secondary N) is 2. The van der Waals surface area contributed by atoms with E-state index < -0.39 is 0 Å². The van der Waals surface area contributed by atoms with Gasteiger partial charge in [-0.1, -0.05) is 13.3 Å². The number of pyridine rings is 3. The summed E-state index contributed by atoms with van der Waals surface area (Å²) in [6.45, 7) is 2.11. The van der Waals surface area contributed by atoms with Crippen molar-refractivity contribution in [3.63, 3.8) is 0 Å². The largest absolute Gasteiger partial charge is 0.495 e. The monoisotopic (exact) mass is 417 g/mol. The number of carbonyl (C=O) groups is 1. The third kappa shape index (κ3) is 3.41. The fraction of sp³-hybridized carbons (Fsp3) is 0.318. The Labute approximate surface area is 178 Å². The van der Waals surface area contributed by atoms with Gasteiger partial charge in [-0.25, -0.2) is 19.5 Å². The fourth-order valence-corrected chi connectivity index (χ4v) is 3.92. The summed E-state index contributed by atoms with van der Waals surface area (Å²) in [4.78, 5) is 26.1. The van der Waals surface area contributed by atoms with Crippen LogP contribution in [0.4, 0.5) is 11.6 Å². The van der Waals surface area contributed by atoms with Gasteiger partial charge in [0.1, 0.15) is 17.4 Å². The maximum absolute atomic E-state index is 12.5. The van der Waals surface area contributed by atoms with Crippen LogP contribution in [0.3, 0.4) is 0 Å². The molecule has 1 saturated carbocycles. The van der Waals surface area contributed by atoms with Gasteiger partial charge < -0.3 is 15.4 Å². The van der Waals surface area contributed by atoms with Gasteiger partial charge in [-0.3, -0.25) is 4.79 Å². The summed E-state index contributed by atoms with van der Waals surface area (Å²) in [5, 5.41) is 12.3. The Morgan fingerprint density at radius 3 is 2.87 bits per heavy atom. The molecule has 5 rings (SSSR count). The SMILES string of the molecule is CC[C@@H]1C[C@H]1C(=O)Nc1cc2c(-c3nc4ccc(OC)cn4n3)cnc(NC)c2cn1. The summed E-state index contributed by atoms with van der Waals surface area (Å²) in [5.74, 6) is 3.03. The van der Waals surface area contributed by atoms with Gasteiger partial charge in [0.2, 0.25) is 5.91 Å². The quantitative estimate of drug-likeness (QED) is 0.495. The summed E-state index contributed by atoms with van der Waals surface area (Å²) >= 11 is 0. The maximum Gasteiger partial charge on any atom is 0.228 e. The molecule has 9 heteroatoms. The molecule has 1 aliphatic rings. The fourth-order valence-electron chi connectivity index (χ4n) is 3.92. The van der Waals surface area contributed by atoms with E-state index in [-0.39, 0.29) is 11.8 Å². The molecule has 158 valence electrons. The van der Waals surface area contributed by atoms with Gasteiger partial charge in [0.05, 0.1) is 13.3 Å². The van der Waals surface area contributed by atoms with Crippen molar-refractivity contribution in [3.8, 4) is 17.1 Å². The molecule has 0 radical (unpaired) electrons. The number of aromatic nitrogens is 5. The molecular formula is C22H23N7O2. The molecule has 2 N–H and O–H groups in total. The van der Waals surface area contributed by atoms with Crippen molar-refractivity contribution in [1.82, 2.24) is 24.6 Å². The number of methoxy groups -OCH3 is 1. The Balaban J connectivity index is 1.58. The maximum atomic E-state index is 12.5. The highest BCUT2D eigenvalue weighted by molar-refractivity contribution is 6.03. The van der Waals surface area contributed by atoms with Gasteiger partial charge in [-0.05, 0) is 30.5 Å². The Morgan fingerprint density at radius 1 is 1.26 bits per heavy atom. The smallest absolute Gasteiger partial charge is 0.228 e. The Hall–Kier alpha value is -3.75. The molecule has 0 bridgehead atoms. The topological polar surface area (TPSA) is 106 Å². The molecule has 4 aromatic heterocycles. The molecule has 1 aliphatic carbocycles. The third-order valence-electron chi connectivity index (χ3n) is 5.82. The van der Waals surface area contributed by atoms with Crippen LogP contribution in [0.15, 0.2) is 36.8 Å². The van der Waals surface area contributed by atoms with Gasteiger partial charge in [0.15, 0.2) is 11.5 Å². The van der Waals surface area contributed by atoms with Crippen molar-refractivity contribution in [2.45, 2.75) is 19.8 Å². The minimum absolute atomic E-state index is 0.0288. The lowest BCUT2D eigenvalue weighted by molar-refractivity contribution is -0.117. The van der Waals surface area contributed by atoms with Crippen LogP contribution in [0.1, 0.15) is 19.8 Å². The first-order valence-corrected chi connectivity index (χ1v) is 10.3. The van der Waals surface area contributed by atoms with Crippen molar-refractivity contribution in [2.24, 2.45) is 11.8 Å². The molecule has 0 spiro atoms. The second-order valence-corrected chi connectivity index (χ2v) is 7.69. The average Bonchev–Trinajstić information content (AvgIpc) is 3.48. The lowest BCUT2D eigenvalue weighted by Gasteiger charge is -2.10. The molecule has 1 fully saturated rings. The van der Waals surface area contributed by atoms with Gasteiger partial charge in [-0.2, -0.15) is 0 Å². The Bertz CT molecular complexity index is 1300. The van der Waals surface area contributed by atoms with E-state index in [9.17, 15) is 4.79 Å². The summed E-state index contributed by atoms with van der Waals surface area (Å²) in [6.07, 6.45) is 7.20. The lowest BCUT2D eigenvalue weighted by atomic mass is 10.1. The predicted molar refractivity (Wildman–Crippen MR) is 118 cm³/mol. The van der Waals surface area contributed by atoms with Gasteiger partial charge >= 0.3 is 0 Å². The van der Waals surface area contributed by atoms with Crippen LogP contribution in [-0.4, -0.2) is 44.6 Å². The van der Waals surface area contributed by atoms with Crippen LogP contribution >= 0.6 is 0 Å². The first kappa shape index (κ1) is 19.2. The summed E-state index contributed by atoms with van der Waals surface area (Å²) in [6, 6.07) is 5.55. The number of rotatable bonds is 6. The van der Waals surface area contributed by atoms with E-state index in [0.29, 0.717) is 34.8 Å². The van der Waals surface area contributed by atoms with Crippen molar-refractivity contribution in [1.29, 1.82) is 0 Å². The second kappa shape index (κ2) is 7.50. The zero-order valence-corrected chi connectivity index (χ0v) is 17.6. The van der Waals surface area contributed by atoms with Gasteiger partial charge in [-0.15, -0.1) is 5.10 Å². The van der Waals surface area contributed by atoms with Crippen molar-refractivity contribution in [3.05, 3.63) is 36.8 Å². The molecule has 9 nitrogen and oxygen atoms in total. The Kier molecular flexibility index (Phi) is 4.65. The molecule has 0 aliphatic heterocycles. The Morgan fingerprint density at radius 2 is 2.13 bits per heavy atom. The molecule has 1 amide bonds. The molecule has 2 atom stereocenters. The second-order valence-electron chi connectivity index (χ2n) is 7.69. The van der Waals surface area contributed by atoms with E-state index in [1.165, 1.54) is 0 Å². The first-order valence-electron chi connectivity index (χ1n) is 10.3. The van der Waals surface area contributed by atoms with Crippen molar-refractivity contribution < 1.29 is 9.53 Å². The van der Waals surface area contributed by atoms with Crippen LogP contribution in [-0.2, 0) is 4.79 Å². The van der Waals surface area contributed by atoms with Crippen LogP contribution in [0.5, 0.6) is 5.75 Å². The lowest BCUT2D eigenvalue weighted by Crippen LogP contribution is -2.15. The minimum Gasteiger partial charge on any atom is -0.495 e. The number of anilines is 2. The zero-order valence-electron chi connectivity index (χ0n) is 17.6. The van der Waals surface area contributed by atoms with Gasteiger partial charge in [0, 0.05) is 41.7 Å². The molecular weight excluding hydrogens is 394 g/mol. The van der Waals surface area contributed by atoms with E-state index >= 15 is 0 Å². The number of ether oxygens (including phenoxy) is 1. The number of carbonyl (C=O) groups excluding carboxylic acids is 1. The molecule has 4 heterocycles. The highest BCUT2D eigenvalue weighted by Crippen LogP contribution is 2.41. The van der Waals surface area contributed by atoms with Crippen LogP contribution in [0.25, 0.3) is 27.8 Å². The van der Waals surface area contributed by atoms with Crippen LogP contribution in [0, 0.1) is 11.8 Å². The third-order valence-corrected chi connectivity index (χ3v) is 5.82. The molecule has 0 saturated heterocycles. The molecule has 0 unspecified atom stereocenters. The summed E-state index contributed by atoms with van der Waals surface area (Å²) < 4.78 is 6.95. The number of amides is 1. The standard InChI is InChI=1S/C22H23N7O2/c1-4-12-7-14(12)22(30)26-18-8-15-16(9-24-18)20(23-2)25-10-17(15)21-27-19-6-5-13(31-3)11-29(19)28-21/h5-6,8-12,14H,4,7H2,1-3H3,(H,23,25)(H,24,26,30)/t12-,14-/m1/s1. The van der Waals surface area contributed by atoms with E-state index in [0.717, 1.165) is 29.2 Å². The van der Waals surface area contributed by atoms with Crippen molar-refractivity contribution >= 4 is 34.0 Å². The highest BCUT2D eigenvalue weighted by atomic mass is 16.5. The van der Waals surface area contributed by atoms with Gasteiger partial charge in [0.25, 0.3) is 0 Å². The number of fused-ring (bicyclic) bond motifs is 2.